The minimum atomic E-state index is -0.148. The van der Waals surface area contributed by atoms with Crippen molar-refractivity contribution >= 4 is 35.8 Å². The Morgan fingerprint density at radius 3 is 2.71 bits per heavy atom. The van der Waals surface area contributed by atoms with Gasteiger partial charge in [-0.15, -0.1) is 24.0 Å². The largest absolute Gasteiger partial charge is 0.381 e. The molecule has 24 heavy (non-hydrogen) atoms. The highest BCUT2D eigenvalue weighted by atomic mass is 127. The Kier molecular flexibility index (Phi) is 9.28. The fourth-order valence-corrected chi connectivity index (χ4v) is 2.69. The Hall–Kier alpha value is -0.610. The molecule has 7 nitrogen and oxygen atoms in total. The molecule has 2 aliphatic rings. The number of halogens is 1. The maximum absolute atomic E-state index is 11.7. The van der Waals surface area contributed by atoms with Crippen molar-refractivity contribution < 1.29 is 14.3 Å². The van der Waals surface area contributed by atoms with Crippen molar-refractivity contribution in [3.8, 4) is 0 Å². The van der Waals surface area contributed by atoms with Gasteiger partial charge >= 0.3 is 0 Å². The van der Waals surface area contributed by atoms with Crippen LogP contribution in [0.5, 0.6) is 0 Å². The second-order valence-corrected chi connectivity index (χ2v) is 6.82. The molecule has 8 heteroatoms. The van der Waals surface area contributed by atoms with Crippen LogP contribution in [0.25, 0.3) is 0 Å². The lowest BCUT2D eigenvalue weighted by atomic mass is 10.0. The Labute approximate surface area is 161 Å². The summed E-state index contributed by atoms with van der Waals surface area (Å²) in [4.78, 5) is 17.7. The van der Waals surface area contributed by atoms with Crippen LogP contribution in [-0.4, -0.2) is 75.9 Å². The number of carbonyl (C=O) groups is 1. The average molecular weight is 454 g/mol. The third kappa shape index (κ3) is 7.10. The van der Waals surface area contributed by atoms with Crippen molar-refractivity contribution in [1.29, 1.82) is 0 Å². The van der Waals surface area contributed by atoms with Gasteiger partial charge in [-0.25, -0.2) is 4.99 Å². The lowest BCUT2D eigenvalue weighted by Crippen LogP contribution is -2.47. The number of guanidine groups is 1. The Balaban J connectivity index is 0.00000288. The summed E-state index contributed by atoms with van der Waals surface area (Å²) in [5.41, 5.74) is -0.148. The maximum Gasteiger partial charge on any atom is 0.243 e. The SMILES string of the molecule is CN(C)C(=O)CN=C(NCC1CCOC1)NCC1(C)CCCO1.I. The van der Waals surface area contributed by atoms with Crippen molar-refractivity contribution in [1.82, 2.24) is 15.5 Å². The van der Waals surface area contributed by atoms with Crippen LogP contribution in [0.15, 0.2) is 4.99 Å². The lowest BCUT2D eigenvalue weighted by molar-refractivity contribution is -0.127. The molecule has 0 aliphatic carbocycles. The molecule has 0 radical (unpaired) electrons. The third-order valence-corrected chi connectivity index (χ3v) is 4.38. The van der Waals surface area contributed by atoms with E-state index in [4.69, 9.17) is 9.47 Å². The van der Waals surface area contributed by atoms with E-state index in [0.717, 1.165) is 45.6 Å². The summed E-state index contributed by atoms with van der Waals surface area (Å²) in [6.45, 7) is 6.18. The molecule has 2 atom stereocenters. The summed E-state index contributed by atoms with van der Waals surface area (Å²) in [6, 6.07) is 0. The molecule has 1 amide bonds. The van der Waals surface area contributed by atoms with E-state index in [9.17, 15) is 4.79 Å². The van der Waals surface area contributed by atoms with Gasteiger partial charge in [0.2, 0.25) is 5.91 Å². The van der Waals surface area contributed by atoms with Gasteiger partial charge in [0.25, 0.3) is 0 Å². The monoisotopic (exact) mass is 454 g/mol. The maximum atomic E-state index is 11.7. The molecule has 2 saturated heterocycles. The van der Waals surface area contributed by atoms with E-state index in [1.807, 2.05) is 0 Å². The van der Waals surface area contributed by atoms with Crippen molar-refractivity contribution in [2.75, 3.05) is 53.6 Å². The van der Waals surface area contributed by atoms with Gasteiger partial charge < -0.3 is 25.0 Å². The summed E-state index contributed by atoms with van der Waals surface area (Å²) in [5.74, 6) is 1.16. The Bertz CT molecular complexity index is 420. The first-order valence-corrected chi connectivity index (χ1v) is 8.42. The molecule has 0 spiro atoms. The fraction of sp³-hybridized carbons (Fsp3) is 0.875. The number of amides is 1. The molecule has 0 saturated carbocycles. The number of hydrogen-bond donors (Lipinski definition) is 2. The number of ether oxygens (including phenoxy) is 2. The summed E-state index contributed by atoms with van der Waals surface area (Å²) in [7, 11) is 3.48. The molecule has 2 fully saturated rings. The molecule has 2 unspecified atom stereocenters. The van der Waals surface area contributed by atoms with Gasteiger partial charge in [-0.3, -0.25) is 4.79 Å². The lowest BCUT2D eigenvalue weighted by Gasteiger charge is -2.25. The van der Waals surface area contributed by atoms with E-state index in [0.29, 0.717) is 18.4 Å². The molecule has 2 N–H and O–H groups in total. The number of nitrogens with zero attached hydrogens (tertiary/aromatic N) is 2. The average Bonchev–Trinajstić information content (AvgIpc) is 3.18. The first-order chi connectivity index (χ1) is 11.0. The predicted octanol–water partition coefficient (Wildman–Crippen LogP) is 0.833. The van der Waals surface area contributed by atoms with E-state index < -0.39 is 0 Å². The fourth-order valence-electron chi connectivity index (χ4n) is 2.69. The van der Waals surface area contributed by atoms with Crippen LogP contribution in [-0.2, 0) is 14.3 Å². The predicted molar refractivity (Wildman–Crippen MR) is 105 cm³/mol. The highest BCUT2D eigenvalue weighted by Crippen LogP contribution is 2.23. The summed E-state index contributed by atoms with van der Waals surface area (Å²) >= 11 is 0. The van der Waals surface area contributed by atoms with Crippen molar-refractivity contribution in [3.63, 3.8) is 0 Å². The number of carbonyl (C=O) groups excluding carboxylic acids is 1. The molecular weight excluding hydrogens is 423 g/mol. The van der Waals surface area contributed by atoms with Crippen LogP contribution in [0.3, 0.4) is 0 Å². The second-order valence-electron chi connectivity index (χ2n) is 6.82. The van der Waals surface area contributed by atoms with E-state index in [-0.39, 0.29) is 42.0 Å². The molecule has 0 bridgehead atoms. The quantitative estimate of drug-likeness (QED) is 0.354. The van der Waals surface area contributed by atoms with Crippen molar-refractivity contribution in [2.45, 2.75) is 31.8 Å². The highest BCUT2D eigenvalue weighted by Gasteiger charge is 2.29. The van der Waals surface area contributed by atoms with E-state index in [1.54, 1.807) is 19.0 Å². The van der Waals surface area contributed by atoms with Gasteiger partial charge in [0.05, 0.1) is 12.2 Å². The molecule has 0 aromatic heterocycles. The smallest absolute Gasteiger partial charge is 0.243 e. The van der Waals surface area contributed by atoms with Gasteiger partial charge in [-0.2, -0.15) is 0 Å². The van der Waals surface area contributed by atoms with Gasteiger partial charge in [0.15, 0.2) is 5.96 Å². The van der Waals surface area contributed by atoms with E-state index >= 15 is 0 Å². The first-order valence-electron chi connectivity index (χ1n) is 8.42. The van der Waals surface area contributed by atoms with Gasteiger partial charge in [0, 0.05) is 46.3 Å². The van der Waals surface area contributed by atoms with Crippen LogP contribution in [0.4, 0.5) is 0 Å². The number of nitrogens with one attached hydrogen (secondary N) is 2. The molecule has 140 valence electrons. The zero-order valence-electron chi connectivity index (χ0n) is 15.0. The van der Waals surface area contributed by atoms with Gasteiger partial charge in [-0.1, -0.05) is 0 Å². The van der Waals surface area contributed by atoms with Gasteiger partial charge in [-0.05, 0) is 26.2 Å². The zero-order chi connectivity index (χ0) is 16.7. The molecule has 2 aliphatic heterocycles. The Morgan fingerprint density at radius 2 is 2.12 bits per heavy atom. The molecule has 2 heterocycles. The minimum Gasteiger partial charge on any atom is -0.381 e. The van der Waals surface area contributed by atoms with E-state index in [2.05, 4.69) is 22.5 Å². The number of hydrogen-bond acceptors (Lipinski definition) is 4. The number of rotatable bonds is 6. The standard InChI is InChI=1S/C16H30N4O3.HI/c1-16(6-4-7-23-16)12-19-15(18-10-14(21)20(2)3)17-9-13-5-8-22-11-13;/h13H,4-12H2,1-3H3,(H2,17,18,19);1H. The summed E-state index contributed by atoms with van der Waals surface area (Å²) in [5, 5.41) is 6.65. The highest BCUT2D eigenvalue weighted by molar-refractivity contribution is 14.0. The van der Waals surface area contributed by atoms with Crippen LogP contribution >= 0.6 is 24.0 Å². The summed E-state index contributed by atoms with van der Waals surface area (Å²) in [6.07, 6.45) is 3.20. The van der Waals surface area contributed by atoms with E-state index in [1.165, 1.54) is 0 Å². The zero-order valence-corrected chi connectivity index (χ0v) is 17.3. The topological polar surface area (TPSA) is 75.2 Å². The normalized spacial score (nSPS) is 26.8. The second kappa shape index (κ2) is 10.4. The first kappa shape index (κ1) is 21.4. The Morgan fingerprint density at radius 1 is 1.33 bits per heavy atom. The molecule has 2 rings (SSSR count). The number of likely N-dealkylation sites (N-methyl/N-ethyl adjacent to an activating group) is 1. The minimum absolute atomic E-state index is 0. The number of aliphatic imine (C=N–C) groups is 1. The van der Waals surface area contributed by atoms with Crippen LogP contribution < -0.4 is 10.6 Å². The van der Waals surface area contributed by atoms with Crippen LogP contribution in [0.1, 0.15) is 26.2 Å². The van der Waals surface area contributed by atoms with Crippen molar-refractivity contribution in [2.24, 2.45) is 10.9 Å². The van der Waals surface area contributed by atoms with Gasteiger partial charge in [0.1, 0.15) is 6.54 Å². The molecule has 0 aromatic rings. The third-order valence-electron chi connectivity index (χ3n) is 4.38. The van der Waals surface area contributed by atoms with Crippen LogP contribution in [0, 0.1) is 5.92 Å². The van der Waals surface area contributed by atoms with Crippen LogP contribution in [0.2, 0.25) is 0 Å². The summed E-state index contributed by atoms with van der Waals surface area (Å²) < 4.78 is 11.2. The molecule has 0 aromatic carbocycles. The molecular formula is C16H31IN4O3. The van der Waals surface area contributed by atoms with Crippen molar-refractivity contribution in [3.05, 3.63) is 0 Å².